The Balaban J connectivity index is 2.17. The van der Waals surface area contributed by atoms with Crippen LogP contribution in [0.5, 0.6) is 0 Å². The molecule has 0 aliphatic carbocycles. The summed E-state index contributed by atoms with van der Waals surface area (Å²) in [6.07, 6.45) is -0.455. The van der Waals surface area contributed by atoms with Crippen LogP contribution in [0, 0.1) is 18.2 Å². The lowest BCUT2D eigenvalue weighted by molar-refractivity contribution is 0.00896. The van der Waals surface area contributed by atoms with Gasteiger partial charge in [0.25, 0.3) is 5.91 Å². The van der Waals surface area contributed by atoms with E-state index >= 15 is 0 Å². The molecule has 0 saturated carbocycles. The van der Waals surface area contributed by atoms with Crippen LogP contribution in [-0.2, 0) is 11.3 Å². The van der Waals surface area contributed by atoms with Crippen molar-refractivity contribution >= 4 is 12.0 Å². The normalized spacial score (nSPS) is 16.8. The van der Waals surface area contributed by atoms with Crippen LogP contribution in [0.2, 0.25) is 0 Å². The molecule has 2 aromatic rings. The van der Waals surface area contributed by atoms with Crippen molar-refractivity contribution in [3.63, 3.8) is 0 Å². The Hall–Kier alpha value is -2.90. The monoisotopic (exact) mass is 430 g/mol. The molecule has 1 unspecified atom stereocenters. The molecule has 31 heavy (non-hydrogen) atoms. The van der Waals surface area contributed by atoms with E-state index in [9.17, 15) is 14.0 Å². The van der Waals surface area contributed by atoms with Gasteiger partial charge < -0.3 is 15.4 Å². The van der Waals surface area contributed by atoms with E-state index in [0.717, 1.165) is 0 Å². The summed E-state index contributed by atoms with van der Waals surface area (Å²) in [6.45, 7) is 13.8. The topological polar surface area (TPSA) is 90.5 Å². The number of benzene rings is 1. The van der Waals surface area contributed by atoms with Gasteiger partial charge in [0.05, 0.1) is 23.8 Å². The molecule has 2 amide bonds. The predicted octanol–water partition coefficient (Wildman–Crippen LogP) is 4.43. The molecule has 1 aliphatic heterocycles. The summed E-state index contributed by atoms with van der Waals surface area (Å²) in [5, 5.41) is 4.74. The van der Waals surface area contributed by atoms with Gasteiger partial charge in [0, 0.05) is 12.1 Å². The van der Waals surface area contributed by atoms with Gasteiger partial charge in [-0.1, -0.05) is 20.8 Å². The largest absolute Gasteiger partial charge is 0.444 e. The average molecular weight is 431 g/mol. The lowest BCUT2D eigenvalue weighted by Crippen LogP contribution is -2.47. The SMILES string of the molecule is Cc1cc(-c2nn3c(c2C(N)=O)CN(C(=O)OC(C)(C)C)CC3C(C)(C)C)ccc1F. The molecule has 0 fully saturated rings. The molecule has 0 saturated heterocycles. The first-order chi connectivity index (χ1) is 14.2. The highest BCUT2D eigenvalue weighted by Crippen LogP contribution is 2.39. The van der Waals surface area contributed by atoms with Gasteiger partial charge in [-0.25, -0.2) is 9.18 Å². The molecule has 7 nitrogen and oxygen atoms in total. The van der Waals surface area contributed by atoms with Crippen LogP contribution in [0.25, 0.3) is 11.3 Å². The molecule has 168 valence electrons. The minimum absolute atomic E-state index is 0.146. The number of rotatable bonds is 2. The van der Waals surface area contributed by atoms with Crippen LogP contribution in [0.15, 0.2) is 18.2 Å². The molecule has 1 aliphatic rings. The number of halogens is 1. The van der Waals surface area contributed by atoms with E-state index in [4.69, 9.17) is 15.6 Å². The number of hydrogen-bond acceptors (Lipinski definition) is 4. The number of ether oxygens (including phenoxy) is 1. The van der Waals surface area contributed by atoms with Crippen molar-refractivity contribution in [2.45, 2.75) is 66.7 Å². The van der Waals surface area contributed by atoms with Crippen molar-refractivity contribution in [3.8, 4) is 11.3 Å². The first kappa shape index (κ1) is 22.8. The Kier molecular flexibility index (Phi) is 5.63. The zero-order valence-corrected chi connectivity index (χ0v) is 19.2. The number of carbonyl (C=O) groups excluding carboxylic acids is 2. The molecule has 3 rings (SSSR count). The summed E-state index contributed by atoms with van der Waals surface area (Å²) < 4.78 is 21.2. The van der Waals surface area contributed by atoms with Crippen molar-refractivity contribution in [2.75, 3.05) is 6.54 Å². The molecule has 2 N–H and O–H groups in total. The maximum absolute atomic E-state index is 13.8. The standard InChI is InChI=1S/C23H31FN4O3/c1-13-10-14(8-9-15(13)24)19-18(20(25)29)16-11-27(21(30)31-23(5,6)7)12-17(22(2,3)4)28(16)26-19/h8-10,17H,11-12H2,1-7H3,(H2,25,29). The zero-order chi connectivity index (χ0) is 23.3. The lowest BCUT2D eigenvalue weighted by Gasteiger charge is -2.40. The van der Waals surface area contributed by atoms with Crippen LogP contribution >= 0.6 is 0 Å². The molecule has 1 atom stereocenters. The fourth-order valence-electron chi connectivity index (χ4n) is 3.77. The van der Waals surface area contributed by atoms with Crippen molar-refractivity contribution in [1.29, 1.82) is 0 Å². The second-order valence-corrected chi connectivity index (χ2v) is 10.2. The molecule has 0 radical (unpaired) electrons. The third-order valence-electron chi connectivity index (χ3n) is 5.37. The number of hydrogen-bond donors (Lipinski definition) is 1. The summed E-state index contributed by atoms with van der Waals surface area (Å²) in [5.41, 5.74) is 7.09. The van der Waals surface area contributed by atoms with Crippen LogP contribution in [0.3, 0.4) is 0 Å². The van der Waals surface area contributed by atoms with E-state index in [-0.39, 0.29) is 29.4 Å². The van der Waals surface area contributed by atoms with Crippen molar-refractivity contribution in [1.82, 2.24) is 14.7 Å². The highest BCUT2D eigenvalue weighted by atomic mass is 19.1. The van der Waals surface area contributed by atoms with Gasteiger partial charge >= 0.3 is 6.09 Å². The van der Waals surface area contributed by atoms with Gasteiger partial charge in [0.15, 0.2) is 0 Å². The van der Waals surface area contributed by atoms with E-state index in [1.54, 1.807) is 28.6 Å². The third kappa shape index (κ3) is 4.57. The van der Waals surface area contributed by atoms with Gasteiger partial charge in [-0.15, -0.1) is 0 Å². The van der Waals surface area contributed by atoms with Crippen LogP contribution < -0.4 is 5.73 Å². The predicted molar refractivity (Wildman–Crippen MR) is 116 cm³/mol. The summed E-state index contributed by atoms with van der Waals surface area (Å²) in [6, 6.07) is 4.37. The quantitative estimate of drug-likeness (QED) is 0.763. The molecular weight excluding hydrogens is 399 g/mol. The fourth-order valence-corrected chi connectivity index (χ4v) is 3.77. The molecule has 8 heteroatoms. The summed E-state index contributed by atoms with van der Waals surface area (Å²) in [4.78, 5) is 26.9. The number of amides is 2. The minimum Gasteiger partial charge on any atom is -0.444 e. The van der Waals surface area contributed by atoms with Crippen molar-refractivity contribution in [3.05, 3.63) is 40.8 Å². The third-order valence-corrected chi connectivity index (χ3v) is 5.37. The number of fused-ring (bicyclic) bond motifs is 1. The minimum atomic E-state index is -0.644. The van der Waals surface area contributed by atoms with Crippen LogP contribution in [0.1, 0.15) is 69.2 Å². The van der Waals surface area contributed by atoms with Crippen molar-refractivity contribution < 1.29 is 18.7 Å². The fraction of sp³-hybridized carbons (Fsp3) is 0.522. The zero-order valence-electron chi connectivity index (χ0n) is 19.2. The second-order valence-electron chi connectivity index (χ2n) is 10.2. The summed E-state index contributed by atoms with van der Waals surface area (Å²) in [7, 11) is 0. The van der Waals surface area contributed by atoms with E-state index in [0.29, 0.717) is 29.1 Å². The van der Waals surface area contributed by atoms with Gasteiger partial charge in [-0.05, 0) is 56.9 Å². The van der Waals surface area contributed by atoms with Crippen LogP contribution in [0.4, 0.5) is 9.18 Å². The van der Waals surface area contributed by atoms with E-state index < -0.39 is 17.6 Å². The number of aryl methyl sites for hydroxylation is 1. The van der Waals surface area contributed by atoms with E-state index in [1.165, 1.54) is 6.07 Å². The van der Waals surface area contributed by atoms with Crippen LogP contribution in [-0.4, -0.2) is 38.8 Å². The Morgan fingerprint density at radius 2 is 1.84 bits per heavy atom. The van der Waals surface area contributed by atoms with E-state index in [2.05, 4.69) is 0 Å². The molecule has 2 heterocycles. The highest BCUT2D eigenvalue weighted by Gasteiger charge is 2.40. The maximum atomic E-state index is 13.8. The molecule has 0 spiro atoms. The Morgan fingerprint density at radius 3 is 2.35 bits per heavy atom. The molecule has 0 bridgehead atoms. The summed E-state index contributed by atoms with van der Waals surface area (Å²) in [5.74, 6) is -0.978. The Labute approximate surface area is 182 Å². The van der Waals surface area contributed by atoms with Gasteiger partial charge in [-0.3, -0.25) is 9.48 Å². The summed E-state index contributed by atoms with van der Waals surface area (Å²) >= 11 is 0. The smallest absolute Gasteiger partial charge is 0.410 e. The molecule has 1 aromatic carbocycles. The average Bonchev–Trinajstić information content (AvgIpc) is 3.00. The number of primary amides is 1. The van der Waals surface area contributed by atoms with E-state index in [1.807, 2.05) is 41.5 Å². The lowest BCUT2D eigenvalue weighted by atomic mass is 9.85. The number of aromatic nitrogens is 2. The molecular formula is C23H31FN4O3. The van der Waals surface area contributed by atoms with Crippen molar-refractivity contribution in [2.24, 2.45) is 11.1 Å². The number of nitrogens with two attached hydrogens (primary N) is 1. The number of carbonyl (C=O) groups is 2. The molecule has 1 aromatic heterocycles. The van der Waals surface area contributed by atoms with Gasteiger partial charge in [-0.2, -0.15) is 5.10 Å². The first-order valence-corrected chi connectivity index (χ1v) is 10.3. The van der Waals surface area contributed by atoms with Gasteiger partial charge in [0.1, 0.15) is 17.1 Å². The maximum Gasteiger partial charge on any atom is 0.410 e. The Bertz CT molecular complexity index is 1030. The number of nitrogens with zero attached hydrogens (tertiary/aromatic N) is 3. The second kappa shape index (κ2) is 7.66. The highest BCUT2D eigenvalue weighted by molar-refractivity contribution is 6.00. The van der Waals surface area contributed by atoms with Gasteiger partial charge in [0.2, 0.25) is 0 Å². The Morgan fingerprint density at radius 1 is 1.19 bits per heavy atom. The first-order valence-electron chi connectivity index (χ1n) is 10.3.